The Labute approximate surface area is 332 Å². The number of carbonyl (C=O) groups excluding carboxylic acids is 2. The maximum Gasteiger partial charge on any atom is 0.472 e. The normalized spacial score (nSPS) is 14.9. The van der Waals surface area contributed by atoms with Crippen molar-refractivity contribution in [1.82, 2.24) is 0 Å². The number of ether oxygens (including phenoxy) is 2. The van der Waals surface area contributed by atoms with Crippen LogP contribution in [0.5, 0.6) is 0 Å². The molecule has 0 fully saturated rings. The highest BCUT2D eigenvalue weighted by Crippen LogP contribution is 2.43. The third-order valence-electron chi connectivity index (χ3n) is 7.81. The molecular formula is C44H71O10P. The maximum absolute atomic E-state index is 12.3. The third kappa shape index (κ3) is 37.6. The van der Waals surface area contributed by atoms with Gasteiger partial charge in [0.2, 0.25) is 0 Å². The van der Waals surface area contributed by atoms with Gasteiger partial charge < -0.3 is 24.6 Å². The Bertz CT molecular complexity index is 1230. The summed E-state index contributed by atoms with van der Waals surface area (Å²) in [7, 11) is -4.66. The number of phosphoric ester groups is 1. The number of aliphatic hydroxyl groups is 2. The van der Waals surface area contributed by atoms with Gasteiger partial charge in [0.05, 0.1) is 26.4 Å². The molecule has 312 valence electrons. The molecule has 0 rings (SSSR count). The molecule has 0 bridgehead atoms. The van der Waals surface area contributed by atoms with Gasteiger partial charge >= 0.3 is 19.8 Å². The molecule has 10 nitrogen and oxygen atoms in total. The lowest BCUT2D eigenvalue weighted by atomic mass is 10.1. The quantitative estimate of drug-likeness (QED) is 0.0242. The zero-order valence-electron chi connectivity index (χ0n) is 33.6. The van der Waals surface area contributed by atoms with E-state index in [4.69, 9.17) is 18.5 Å². The van der Waals surface area contributed by atoms with Gasteiger partial charge in [-0.1, -0.05) is 137 Å². The molecule has 0 spiro atoms. The van der Waals surface area contributed by atoms with Gasteiger partial charge in [-0.25, -0.2) is 4.57 Å². The zero-order chi connectivity index (χ0) is 40.5. The summed E-state index contributed by atoms with van der Waals surface area (Å²) in [5.74, 6) is -1.13. The Balaban J connectivity index is 4.06. The minimum atomic E-state index is -4.66. The SMILES string of the molecule is CC/C=C\C/C=C\C/C=C\C/C=C\CCCCCCCCC(=O)OC(CO)COP(=O)(O)OCC(CO)OC(=O)CC/C=C\C/C=C\C/C=C\C/C=C\CC. The van der Waals surface area contributed by atoms with E-state index in [0.717, 1.165) is 89.9 Å². The molecule has 55 heavy (non-hydrogen) atoms. The van der Waals surface area contributed by atoms with Crippen molar-refractivity contribution < 1.29 is 47.8 Å². The van der Waals surface area contributed by atoms with Crippen LogP contribution in [0.15, 0.2) is 97.2 Å². The molecule has 0 saturated heterocycles. The molecule has 0 aliphatic carbocycles. The number of aliphatic hydroxyl groups excluding tert-OH is 2. The monoisotopic (exact) mass is 790 g/mol. The van der Waals surface area contributed by atoms with Crippen LogP contribution in [0.2, 0.25) is 0 Å². The van der Waals surface area contributed by atoms with Crippen LogP contribution in [0, 0.1) is 0 Å². The Hall–Kier alpha value is -3.11. The molecular weight excluding hydrogens is 719 g/mol. The molecule has 0 aromatic rings. The predicted molar refractivity (Wildman–Crippen MR) is 223 cm³/mol. The second-order valence-corrected chi connectivity index (χ2v) is 14.3. The lowest BCUT2D eigenvalue weighted by Crippen LogP contribution is -2.28. The molecule has 3 N–H and O–H groups in total. The van der Waals surface area contributed by atoms with Crippen molar-refractivity contribution >= 4 is 19.8 Å². The average molecular weight is 791 g/mol. The number of carbonyl (C=O) groups is 2. The second kappa shape index (κ2) is 39.1. The molecule has 0 radical (unpaired) electrons. The summed E-state index contributed by atoms with van der Waals surface area (Å²) in [5.41, 5.74) is 0. The van der Waals surface area contributed by atoms with Gasteiger partial charge in [0.1, 0.15) is 12.2 Å². The topological polar surface area (TPSA) is 149 Å². The lowest BCUT2D eigenvalue weighted by Gasteiger charge is -2.20. The van der Waals surface area contributed by atoms with E-state index in [9.17, 15) is 29.3 Å². The smallest absolute Gasteiger partial charge is 0.457 e. The van der Waals surface area contributed by atoms with Gasteiger partial charge in [-0.2, -0.15) is 0 Å². The highest BCUT2D eigenvalue weighted by molar-refractivity contribution is 7.47. The van der Waals surface area contributed by atoms with E-state index in [-0.39, 0.29) is 12.8 Å². The van der Waals surface area contributed by atoms with Crippen molar-refractivity contribution in [2.24, 2.45) is 0 Å². The second-order valence-electron chi connectivity index (χ2n) is 12.8. The number of rotatable bonds is 36. The molecule has 3 atom stereocenters. The van der Waals surface area contributed by atoms with Gasteiger partial charge in [-0.15, -0.1) is 0 Å². The molecule has 3 unspecified atom stereocenters. The van der Waals surface area contributed by atoms with E-state index in [0.29, 0.717) is 12.8 Å². The summed E-state index contributed by atoms with van der Waals surface area (Å²) < 4.78 is 32.4. The Kier molecular flexibility index (Phi) is 36.9. The zero-order valence-corrected chi connectivity index (χ0v) is 34.5. The number of phosphoric acid groups is 1. The molecule has 0 aromatic heterocycles. The Morgan fingerprint density at radius 1 is 0.491 bits per heavy atom. The fourth-order valence-corrected chi connectivity index (χ4v) is 5.55. The minimum Gasteiger partial charge on any atom is -0.457 e. The molecule has 0 aliphatic heterocycles. The lowest BCUT2D eigenvalue weighted by molar-refractivity contribution is -0.153. The fourth-order valence-electron chi connectivity index (χ4n) is 4.76. The van der Waals surface area contributed by atoms with Crippen LogP contribution in [-0.4, -0.2) is 65.7 Å². The summed E-state index contributed by atoms with van der Waals surface area (Å²) in [6, 6.07) is 0. The summed E-state index contributed by atoms with van der Waals surface area (Å²) in [5, 5.41) is 19.1. The predicted octanol–water partition coefficient (Wildman–Crippen LogP) is 10.4. The number of unbranched alkanes of at least 4 members (excludes halogenated alkanes) is 6. The van der Waals surface area contributed by atoms with E-state index in [1.54, 1.807) is 0 Å². The van der Waals surface area contributed by atoms with Crippen molar-refractivity contribution in [1.29, 1.82) is 0 Å². The summed E-state index contributed by atoms with van der Waals surface area (Å²) in [6.45, 7) is 1.84. The van der Waals surface area contributed by atoms with Crippen molar-refractivity contribution in [3.8, 4) is 0 Å². The standard InChI is InChI=1S/C44H71O10P/c1-3-5-7-9-11-13-15-17-18-19-20-21-22-24-26-28-30-32-34-36-44(48)54-42(38-46)40-52-55(49,50)51-39-41(37-45)53-43(47)35-33-31-29-27-25-23-16-14-12-10-8-6-4-2/h5-8,11-14,17-18,20-21,23,25,29,31,41-42,45-46H,3-4,9-10,15-16,19,22,24,26-28,30,32-40H2,1-2H3,(H,49,50)/b7-5-,8-6-,13-11-,14-12-,18-17-,21-20-,25-23-,31-29-. The van der Waals surface area contributed by atoms with Crippen molar-refractivity contribution in [2.75, 3.05) is 26.4 Å². The van der Waals surface area contributed by atoms with Gasteiger partial charge in [0.15, 0.2) is 0 Å². The Morgan fingerprint density at radius 2 is 0.836 bits per heavy atom. The van der Waals surface area contributed by atoms with Crippen molar-refractivity contribution in [2.45, 2.75) is 142 Å². The average Bonchev–Trinajstić information content (AvgIpc) is 3.17. The van der Waals surface area contributed by atoms with Crippen molar-refractivity contribution in [3.63, 3.8) is 0 Å². The van der Waals surface area contributed by atoms with E-state index in [1.165, 1.54) is 0 Å². The van der Waals surface area contributed by atoms with Crippen molar-refractivity contribution in [3.05, 3.63) is 97.2 Å². The molecule has 0 heterocycles. The highest BCUT2D eigenvalue weighted by atomic mass is 31.2. The van der Waals surface area contributed by atoms with Crippen LogP contribution in [0.1, 0.15) is 129 Å². The largest absolute Gasteiger partial charge is 0.472 e. The minimum absolute atomic E-state index is 0.0643. The summed E-state index contributed by atoms with van der Waals surface area (Å²) in [6.07, 6.45) is 46.8. The van der Waals surface area contributed by atoms with Crippen LogP contribution in [0.4, 0.5) is 0 Å². The third-order valence-corrected chi connectivity index (χ3v) is 8.76. The molecule has 0 aliphatic rings. The van der Waals surface area contributed by atoms with Gasteiger partial charge in [-0.3, -0.25) is 18.6 Å². The van der Waals surface area contributed by atoms with Gasteiger partial charge in [0.25, 0.3) is 0 Å². The summed E-state index contributed by atoms with van der Waals surface area (Å²) >= 11 is 0. The van der Waals surface area contributed by atoms with Gasteiger partial charge in [0, 0.05) is 12.8 Å². The van der Waals surface area contributed by atoms with Crippen LogP contribution in [0.25, 0.3) is 0 Å². The molecule has 11 heteroatoms. The van der Waals surface area contributed by atoms with E-state index >= 15 is 0 Å². The van der Waals surface area contributed by atoms with Crippen LogP contribution >= 0.6 is 7.82 Å². The molecule has 0 amide bonds. The number of esters is 2. The number of allylic oxidation sites excluding steroid dienone is 16. The van der Waals surface area contributed by atoms with Crippen LogP contribution < -0.4 is 0 Å². The number of hydrogen-bond donors (Lipinski definition) is 3. The maximum atomic E-state index is 12.3. The van der Waals surface area contributed by atoms with E-state index in [2.05, 4.69) is 92.8 Å². The first-order valence-corrected chi connectivity index (χ1v) is 21.7. The van der Waals surface area contributed by atoms with Crippen LogP contribution in [0.3, 0.4) is 0 Å². The number of hydrogen-bond acceptors (Lipinski definition) is 9. The first-order chi connectivity index (χ1) is 26.8. The first-order valence-electron chi connectivity index (χ1n) is 20.2. The highest BCUT2D eigenvalue weighted by Gasteiger charge is 2.27. The van der Waals surface area contributed by atoms with Crippen LogP contribution in [-0.2, 0) is 32.7 Å². The Morgan fingerprint density at radius 3 is 1.25 bits per heavy atom. The summed E-state index contributed by atoms with van der Waals surface area (Å²) in [4.78, 5) is 34.4. The molecule has 0 saturated carbocycles. The first kappa shape index (κ1) is 51.9. The van der Waals surface area contributed by atoms with Gasteiger partial charge in [-0.05, 0) is 77.0 Å². The molecule has 0 aromatic carbocycles. The fraction of sp³-hybridized carbons (Fsp3) is 0.591. The van der Waals surface area contributed by atoms with E-state index in [1.807, 2.05) is 18.2 Å². The van der Waals surface area contributed by atoms with E-state index < -0.39 is 58.4 Å².